The van der Waals surface area contributed by atoms with Crippen LogP contribution in [0, 0.1) is 6.92 Å². The van der Waals surface area contributed by atoms with Crippen LogP contribution in [-0.2, 0) is 4.79 Å². The van der Waals surface area contributed by atoms with E-state index in [0.717, 1.165) is 0 Å². The van der Waals surface area contributed by atoms with Gasteiger partial charge in [0, 0.05) is 22.1 Å². The number of aromatic amines is 1. The molecule has 0 aliphatic heterocycles. The lowest BCUT2D eigenvalue weighted by Gasteiger charge is -2.25. The number of rotatable bonds is 5. The summed E-state index contributed by atoms with van der Waals surface area (Å²) in [6.45, 7) is 5.14. The monoisotopic (exact) mass is 344 g/mol. The number of nitrogens with one attached hydrogen (secondary N) is 2. The number of pyridine rings is 1. The number of H-pyrrole nitrogens is 1. The first-order valence-corrected chi connectivity index (χ1v) is 6.85. The van der Waals surface area contributed by atoms with Gasteiger partial charge in [-0.2, -0.15) is 0 Å². The van der Waals surface area contributed by atoms with Crippen LogP contribution in [0.4, 0.5) is 0 Å². The Balaban J connectivity index is 2.89. The van der Waals surface area contributed by atoms with Gasteiger partial charge in [-0.1, -0.05) is 0 Å². The maximum absolute atomic E-state index is 12.1. The molecule has 1 heterocycles. The van der Waals surface area contributed by atoms with Crippen molar-refractivity contribution in [2.75, 3.05) is 0 Å². The van der Waals surface area contributed by atoms with Crippen LogP contribution >= 0.6 is 15.9 Å². The predicted octanol–water partition coefficient (Wildman–Crippen LogP) is 1.82. The summed E-state index contributed by atoms with van der Waals surface area (Å²) < 4.78 is 0.630. The van der Waals surface area contributed by atoms with E-state index in [4.69, 9.17) is 5.11 Å². The molecule has 6 nitrogen and oxygen atoms in total. The molecule has 0 aliphatic rings. The van der Waals surface area contributed by atoms with Crippen molar-refractivity contribution >= 4 is 27.8 Å². The van der Waals surface area contributed by atoms with Crippen molar-refractivity contribution in [1.82, 2.24) is 10.3 Å². The highest BCUT2D eigenvalue weighted by molar-refractivity contribution is 9.10. The zero-order valence-electron chi connectivity index (χ0n) is 11.5. The van der Waals surface area contributed by atoms with E-state index in [1.165, 1.54) is 6.07 Å². The fourth-order valence-electron chi connectivity index (χ4n) is 1.62. The first kappa shape index (κ1) is 16.4. The lowest BCUT2D eigenvalue weighted by Crippen LogP contribution is -2.45. The second-order valence-electron chi connectivity index (χ2n) is 5.22. The van der Waals surface area contributed by atoms with Gasteiger partial charge in [0.2, 0.25) is 0 Å². The smallest absolute Gasteiger partial charge is 0.303 e. The van der Waals surface area contributed by atoms with Gasteiger partial charge >= 0.3 is 5.97 Å². The maximum Gasteiger partial charge on any atom is 0.303 e. The molecule has 0 aliphatic carbocycles. The summed E-state index contributed by atoms with van der Waals surface area (Å²) in [7, 11) is 0. The van der Waals surface area contributed by atoms with E-state index in [9.17, 15) is 14.4 Å². The summed E-state index contributed by atoms with van der Waals surface area (Å²) >= 11 is 3.25. The molecule has 0 bridgehead atoms. The minimum absolute atomic E-state index is 0.00845. The molecule has 7 heteroatoms. The van der Waals surface area contributed by atoms with E-state index in [2.05, 4.69) is 26.2 Å². The molecule has 1 aromatic rings. The van der Waals surface area contributed by atoms with Crippen molar-refractivity contribution in [2.45, 2.75) is 39.2 Å². The molecule has 0 radical (unpaired) electrons. The molecule has 0 atom stereocenters. The first-order chi connectivity index (χ1) is 9.12. The fraction of sp³-hybridized carbons (Fsp3) is 0.462. The van der Waals surface area contributed by atoms with Crippen LogP contribution in [0.25, 0.3) is 0 Å². The molecule has 110 valence electrons. The lowest BCUT2D eigenvalue weighted by molar-refractivity contribution is -0.137. The molecule has 0 saturated carbocycles. The van der Waals surface area contributed by atoms with Crippen LogP contribution in [0.5, 0.6) is 0 Å². The number of carbonyl (C=O) groups is 2. The van der Waals surface area contributed by atoms with Crippen molar-refractivity contribution in [2.24, 2.45) is 0 Å². The number of aryl methyl sites for hydroxylation is 1. The molecular formula is C13H17BrN2O4. The molecular weight excluding hydrogens is 328 g/mol. The normalized spacial score (nSPS) is 11.2. The number of carbonyl (C=O) groups excluding carboxylic acids is 1. The van der Waals surface area contributed by atoms with E-state index >= 15 is 0 Å². The molecule has 1 rings (SSSR count). The van der Waals surface area contributed by atoms with Crippen molar-refractivity contribution < 1.29 is 14.7 Å². The average molecular weight is 345 g/mol. The van der Waals surface area contributed by atoms with Crippen LogP contribution in [0.15, 0.2) is 15.3 Å². The van der Waals surface area contributed by atoms with E-state index in [1.807, 2.05) is 0 Å². The van der Waals surface area contributed by atoms with Crippen LogP contribution in [0.3, 0.4) is 0 Å². The van der Waals surface area contributed by atoms with Crippen molar-refractivity contribution in [3.63, 3.8) is 0 Å². The summed E-state index contributed by atoms with van der Waals surface area (Å²) in [5.74, 6) is -1.45. The maximum atomic E-state index is 12.1. The number of hydrogen-bond donors (Lipinski definition) is 3. The molecule has 0 spiro atoms. The molecule has 0 aromatic carbocycles. The van der Waals surface area contributed by atoms with Gasteiger partial charge in [0.25, 0.3) is 11.5 Å². The minimum atomic E-state index is -0.928. The summed E-state index contributed by atoms with van der Waals surface area (Å²) in [4.78, 5) is 37.0. The van der Waals surface area contributed by atoms with Crippen LogP contribution < -0.4 is 10.9 Å². The first-order valence-electron chi connectivity index (χ1n) is 6.06. The third kappa shape index (κ3) is 4.48. The lowest BCUT2D eigenvalue weighted by atomic mass is 9.98. The highest BCUT2D eigenvalue weighted by Crippen LogP contribution is 2.15. The molecule has 0 saturated heterocycles. The Morgan fingerprint density at radius 2 is 2.05 bits per heavy atom. The van der Waals surface area contributed by atoms with Crippen LogP contribution in [-0.4, -0.2) is 27.5 Å². The standard InChI is InChI=1S/C13H17BrN2O4/c1-7-9(14)6-8(11(19)15-7)12(20)16-13(2,3)5-4-10(17)18/h6H,4-5H2,1-3H3,(H,15,19)(H,16,20)(H,17,18). The highest BCUT2D eigenvalue weighted by Gasteiger charge is 2.23. The summed E-state index contributed by atoms with van der Waals surface area (Å²) in [5, 5.41) is 11.3. The molecule has 3 N–H and O–H groups in total. The Bertz CT molecular complexity index is 593. The number of aliphatic carboxylic acids is 1. The quantitative estimate of drug-likeness (QED) is 0.758. The minimum Gasteiger partial charge on any atom is -0.481 e. The number of amides is 1. The van der Waals surface area contributed by atoms with Gasteiger partial charge in [-0.15, -0.1) is 0 Å². The van der Waals surface area contributed by atoms with Gasteiger partial charge in [0.15, 0.2) is 0 Å². The number of carboxylic acids is 1. The Kier molecular flexibility index (Phi) is 5.10. The fourth-order valence-corrected chi connectivity index (χ4v) is 1.95. The Hall–Kier alpha value is -1.63. The topological polar surface area (TPSA) is 99.3 Å². The second kappa shape index (κ2) is 6.21. The summed E-state index contributed by atoms with van der Waals surface area (Å²) in [6.07, 6.45) is 0.222. The van der Waals surface area contributed by atoms with E-state index < -0.39 is 23.0 Å². The Labute approximate surface area is 124 Å². The molecule has 1 aromatic heterocycles. The third-order valence-corrected chi connectivity index (χ3v) is 3.66. The van der Waals surface area contributed by atoms with E-state index in [0.29, 0.717) is 10.2 Å². The van der Waals surface area contributed by atoms with Gasteiger partial charge in [0.1, 0.15) is 5.56 Å². The molecule has 20 heavy (non-hydrogen) atoms. The van der Waals surface area contributed by atoms with Crippen LogP contribution in [0.2, 0.25) is 0 Å². The van der Waals surface area contributed by atoms with Gasteiger partial charge in [-0.3, -0.25) is 14.4 Å². The molecule has 0 unspecified atom stereocenters. The van der Waals surface area contributed by atoms with Gasteiger partial charge in [0.05, 0.1) is 0 Å². The Morgan fingerprint density at radius 3 is 2.60 bits per heavy atom. The van der Waals surface area contributed by atoms with E-state index in [1.54, 1.807) is 20.8 Å². The number of carboxylic acid groups (broad SMARTS) is 1. The van der Waals surface area contributed by atoms with Gasteiger partial charge in [-0.25, -0.2) is 0 Å². The molecule has 1 amide bonds. The Morgan fingerprint density at radius 1 is 1.45 bits per heavy atom. The SMILES string of the molecule is Cc1[nH]c(=O)c(C(=O)NC(C)(C)CCC(=O)O)cc1Br. The van der Waals surface area contributed by atoms with Crippen LogP contribution in [0.1, 0.15) is 42.7 Å². The highest BCUT2D eigenvalue weighted by atomic mass is 79.9. The average Bonchev–Trinajstić information content (AvgIpc) is 2.30. The van der Waals surface area contributed by atoms with Crippen molar-refractivity contribution in [3.05, 3.63) is 32.2 Å². The summed E-state index contributed by atoms with van der Waals surface area (Å²) in [5.41, 5.74) is -0.556. The van der Waals surface area contributed by atoms with Gasteiger partial charge < -0.3 is 15.4 Å². The van der Waals surface area contributed by atoms with Gasteiger partial charge in [-0.05, 0) is 49.2 Å². The largest absolute Gasteiger partial charge is 0.481 e. The summed E-state index contributed by atoms with van der Waals surface area (Å²) in [6, 6.07) is 1.46. The third-order valence-electron chi connectivity index (χ3n) is 2.84. The second-order valence-corrected chi connectivity index (χ2v) is 6.07. The van der Waals surface area contributed by atoms with E-state index in [-0.39, 0.29) is 18.4 Å². The zero-order chi connectivity index (χ0) is 15.5. The van der Waals surface area contributed by atoms with Crippen molar-refractivity contribution in [1.29, 1.82) is 0 Å². The molecule has 0 fully saturated rings. The van der Waals surface area contributed by atoms with Crippen molar-refractivity contribution in [3.8, 4) is 0 Å². The number of aromatic nitrogens is 1. The number of hydrogen-bond acceptors (Lipinski definition) is 3. The predicted molar refractivity (Wildman–Crippen MR) is 77.9 cm³/mol. The zero-order valence-corrected chi connectivity index (χ0v) is 13.1. The number of halogens is 1.